The summed E-state index contributed by atoms with van der Waals surface area (Å²) in [4.78, 5) is 0. The molecule has 0 nitrogen and oxygen atoms in total. The Balaban J connectivity index is 2.39. The van der Waals surface area contributed by atoms with Crippen molar-refractivity contribution in [2.45, 2.75) is 6.42 Å². The zero-order valence-corrected chi connectivity index (χ0v) is 4.67. The van der Waals surface area contributed by atoms with Gasteiger partial charge in [0.1, 0.15) is 0 Å². The fourth-order valence-electron chi connectivity index (χ4n) is 1.16. The second-order valence-corrected chi connectivity index (χ2v) is 2.44. The smallest absolute Gasteiger partial charge is 0.0282 e. The van der Waals surface area contributed by atoms with E-state index >= 15 is 0 Å². The van der Waals surface area contributed by atoms with E-state index in [-0.39, 0.29) is 0 Å². The second-order valence-electron chi connectivity index (χ2n) is 2.44. The topological polar surface area (TPSA) is 0 Å². The predicted octanol–water partition coefficient (Wildman–Crippen LogP) is 2.06. The van der Waals surface area contributed by atoms with Crippen molar-refractivity contribution in [3.05, 3.63) is 36.5 Å². The average Bonchev–Trinajstić information content (AvgIpc) is 2.07. The van der Waals surface area contributed by atoms with Gasteiger partial charge < -0.3 is 0 Å². The van der Waals surface area contributed by atoms with Crippen LogP contribution in [-0.4, -0.2) is 0 Å². The van der Waals surface area contributed by atoms with Gasteiger partial charge in [-0.1, -0.05) is 36.5 Å². The molecule has 8 heavy (non-hydrogen) atoms. The summed E-state index contributed by atoms with van der Waals surface area (Å²) in [5, 5.41) is 0. The molecular weight excluding hydrogens is 96.1 g/mol. The van der Waals surface area contributed by atoms with Crippen molar-refractivity contribution >= 4 is 0 Å². The molecule has 2 aliphatic carbocycles. The standard InChI is InChI=1S/C8H8/c1-2-5-8(4-1)6-3-7-8/h1-6H,7H2. The Morgan fingerprint density at radius 3 is 1.88 bits per heavy atom. The average molecular weight is 104 g/mol. The fourth-order valence-corrected chi connectivity index (χ4v) is 1.16. The molecule has 0 saturated heterocycles. The third kappa shape index (κ3) is 0.353. The summed E-state index contributed by atoms with van der Waals surface area (Å²) in [5.74, 6) is 0. The van der Waals surface area contributed by atoms with Crippen molar-refractivity contribution in [2.24, 2.45) is 5.41 Å². The van der Waals surface area contributed by atoms with E-state index in [0.717, 1.165) is 0 Å². The van der Waals surface area contributed by atoms with Crippen LogP contribution in [0.4, 0.5) is 0 Å². The van der Waals surface area contributed by atoms with E-state index in [1.807, 2.05) is 0 Å². The summed E-state index contributed by atoms with van der Waals surface area (Å²) in [7, 11) is 0. The maximum atomic E-state index is 2.24. The number of hydrogen-bond donors (Lipinski definition) is 0. The zero-order valence-electron chi connectivity index (χ0n) is 4.67. The molecule has 0 aromatic heterocycles. The van der Waals surface area contributed by atoms with Crippen LogP contribution in [0.3, 0.4) is 0 Å². The Morgan fingerprint density at radius 2 is 1.62 bits per heavy atom. The third-order valence-corrected chi connectivity index (χ3v) is 1.82. The lowest BCUT2D eigenvalue weighted by Gasteiger charge is -2.26. The van der Waals surface area contributed by atoms with Gasteiger partial charge in [0.05, 0.1) is 0 Å². The molecule has 0 aromatic carbocycles. The van der Waals surface area contributed by atoms with E-state index in [1.165, 1.54) is 6.42 Å². The van der Waals surface area contributed by atoms with Crippen molar-refractivity contribution in [1.82, 2.24) is 0 Å². The molecule has 2 aliphatic rings. The second kappa shape index (κ2) is 1.13. The van der Waals surface area contributed by atoms with Gasteiger partial charge in [-0.3, -0.25) is 0 Å². The van der Waals surface area contributed by atoms with Crippen LogP contribution >= 0.6 is 0 Å². The van der Waals surface area contributed by atoms with E-state index < -0.39 is 0 Å². The van der Waals surface area contributed by atoms with Crippen molar-refractivity contribution in [1.29, 1.82) is 0 Å². The van der Waals surface area contributed by atoms with Gasteiger partial charge in [0, 0.05) is 5.41 Å². The molecule has 0 aromatic rings. The zero-order chi connectivity index (χ0) is 5.45. The highest BCUT2D eigenvalue weighted by atomic mass is 14.3. The molecule has 0 heterocycles. The summed E-state index contributed by atoms with van der Waals surface area (Å²) in [6.07, 6.45) is 14.4. The SMILES string of the molecule is C1=CC2(C=C1)C=CC2. The molecule has 0 amide bonds. The van der Waals surface area contributed by atoms with Crippen molar-refractivity contribution < 1.29 is 0 Å². The predicted molar refractivity (Wildman–Crippen MR) is 34.5 cm³/mol. The quantitative estimate of drug-likeness (QED) is 0.413. The third-order valence-electron chi connectivity index (χ3n) is 1.82. The fraction of sp³-hybridized carbons (Fsp3) is 0.250. The Kier molecular flexibility index (Phi) is 0.587. The lowest BCUT2D eigenvalue weighted by atomic mass is 9.78. The van der Waals surface area contributed by atoms with E-state index in [2.05, 4.69) is 36.5 Å². The highest BCUT2D eigenvalue weighted by Crippen LogP contribution is 2.38. The van der Waals surface area contributed by atoms with Gasteiger partial charge in [-0.2, -0.15) is 0 Å². The maximum absolute atomic E-state index is 2.24. The summed E-state index contributed by atoms with van der Waals surface area (Å²) >= 11 is 0. The van der Waals surface area contributed by atoms with Crippen LogP contribution in [0, 0.1) is 5.41 Å². The van der Waals surface area contributed by atoms with Gasteiger partial charge in [0.2, 0.25) is 0 Å². The van der Waals surface area contributed by atoms with Crippen LogP contribution in [0.25, 0.3) is 0 Å². The first kappa shape index (κ1) is 4.13. The van der Waals surface area contributed by atoms with Crippen LogP contribution in [0.2, 0.25) is 0 Å². The molecule has 0 fully saturated rings. The number of rotatable bonds is 0. The highest BCUT2D eigenvalue weighted by Gasteiger charge is 2.26. The Labute approximate surface area is 49.2 Å². The van der Waals surface area contributed by atoms with E-state index in [4.69, 9.17) is 0 Å². The molecule has 0 atom stereocenters. The van der Waals surface area contributed by atoms with Gasteiger partial charge >= 0.3 is 0 Å². The first-order valence-electron chi connectivity index (χ1n) is 2.96. The minimum absolute atomic E-state index is 0.375. The minimum Gasteiger partial charge on any atom is -0.0859 e. The molecule has 0 bridgehead atoms. The van der Waals surface area contributed by atoms with Gasteiger partial charge in [-0.15, -0.1) is 0 Å². The van der Waals surface area contributed by atoms with Gasteiger partial charge in [0.25, 0.3) is 0 Å². The van der Waals surface area contributed by atoms with Crippen LogP contribution in [0.1, 0.15) is 6.42 Å². The van der Waals surface area contributed by atoms with Gasteiger partial charge in [0.15, 0.2) is 0 Å². The summed E-state index contributed by atoms with van der Waals surface area (Å²) in [6, 6.07) is 0. The Morgan fingerprint density at radius 1 is 1.00 bits per heavy atom. The number of allylic oxidation sites excluding steroid dienone is 6. The largest absolute Gasteiger partial charge is 0.0859 e. The van der Waals surface area contributed by atoms with E-state index in [9.17, 15) is 0 Å². The van der Waals surface area contributed by atoms with Crippen molar-refractivity contribution in [2.75, 3.05) is 0 Å². The highest BCUT2D eigenvalue weighted by molar-refractivity contribution is 5.36. The van der Waals surface area contributed by atoms with Gasteiger partial charge in [-0.05, 0) is 6.42 Å². The molecule has 2 rings (SSSR count). The van der Waals surface area contributed by atoms with Crippen molar-refractivity contribution in [3.8, 4) is 0 Å². The maximum Gasteiger partial charge on any atom is 0.0282 e. The Bertz CT molecular complexity index is 170. The Hall–Kier alpha value is -0.780. The molecule has 1 spiro atoms. The monoisotopic (exact) mass is 104 g/mol. The van der Waals surface area contributed by atoms with Gasteiger partial charge in [-0.25, -0.2) is 0 Å². The molecule has 0 N–H and O–H groups in total. The summed E-state index contributed by atoms with van der Waals surface area (Å²) in [6.45, 7) is 0. The van der Waals surface area contributed by atoms with Crippen LogP contribution in [-0.2, 0) is 0 Å². The molecule has 0 aliphatic heterocycles. The van der Waals surface area contributed by atoms with E-state index in [0.29, 0.717) is 5.41 Å². The molecule has 0 unspecified atom stereocenters. The molecular formula is C8H8. The van der Waals surface area contributed by atoms with E-state index in [1.54, 1.807) is 0 Å². The minimum atomic E-state index is 0.375. The van der Waals surface area contributed by atoms with Crippen molar-refractivity contribution in [3.63, 3.8) is 0 Å². The van der Waals surface area contributed by atoms with Crippen LogP contribution in [0.15, 0.2) is 36.5 Å². The summed E-state index contributed by atoms with van der Waals surface area (Å²) in [5.41, 5.74) is 0.375. The first-order valence-corrected chi connectivity index (χ1v) is 2.96. The molecule has 0 saturated carbocycles. The summed E-state index contributed by atoms with van der Waals surface area (Å²) < 4.78 is 0. The number of hydrogen-bond acceptors (Lipinski definition) is 0. The molecule has 40 valence electrons. The lowest BCUT2D eigenvalue weighted by molar-refractivity contribution is 0.591. The first-order chi connectivity index (χ1) is 3.91. The normalized spacial score (nSPS) is 27.0. The van der Waals surface area contributed by atoms with Crippen LogP contribution in [0.5, 0.6) is 0 Å². The molecule has 0 radical (unpaired) electrons. The molecule has 0 heteroatoms. The lowest BCUT2D eigenvalue weighted by Crippen LogP contribution is -2.14. The van der Waals surface area contributed by atoms with Crippen LogP contribution < -0.4 is 0 Å².